The number of likely N-dealkylation sites (tertiary alicyclic amines) is 4. The van der Waals surface area contributed by atoms with Crippen molar-refractivity contribution < 1.29 is 89.6 Å². The van der Waals surface area contributed by atoms with E-state index >= 15 is 0 Å². The van der Waals surface area contributed by atoms with Crippen LogP contribution in [-0.2, 0) is 23.9 Å². The number of amides is 5. The number of carbonyl (C=O) groups is 5. The molecule has 24 atom stereocenters. The summed E-state index contributed by atoms with van der Waals surface area (Å²) in [6.45, 7) is 35.1. The number of alkyl carbamates (subject to hydrolysis) is 1. The third-order valence-corrected chi connectivity index (χ3v) is 30.5. The van der Waals surface area contributed by atoms with Crippen LogP contribution in [0.4, 0.5) is 4.79 Å². The predicted octanol–water partition coefficient (Wildman–Crippen LogP) is 4.46. The topological polar surface area (TPSA) is 357 Å². The molecule has 5 amide bonds. The molecular formula is C77H113Cl2N12NaO12. The first-order valence-electron chi connectivity index (χ1n) is 38.7. The number of aliphatic hydroxyl groups is 4. The molecule has 0 radical (unpaired) electrons. The molecule has 104 heavy (non-hydrogen) atoms. The summed E-state index contributed by atoms with van der Waals surface area (Å²) in [6, 6.07) is -1.42. The zero-order valence-corrected chi connectivity index (χ0v) is 64.9. The summed E-state index contributed by atoms with van der Waals surface area (Å²) in [5.74, 6) is 5.83. The van der Waals surface area contributed by atoms with Gasteiger partial charge in [0.15, 0.2) is 0 Å². The van der Waals surface area contributed by atoms with Crippen LogP contribution in [0.2, 0.25) is 0 Å². The smallest absolute Gasteiger partial charge is 0.870 e. The molecule has 20 saturated carbocycles. The molecule has 27 heteroatoms. The van der Waals surface area contributed by atoms with Crippen molar-refractivity contribution in [3.8, 4) is 0 Å². The van der Waals surface area contributed by atoms with Gasteiger partial charge in [0.1, 0.15) is 11.6 Å². The summed E-state index contributed by atoms with van der Waals surface area (Å²) in [5, 5.41) is 46.8. The minimum Gasteiger partial charge on any atom is -0.870 e. The maximum Gasteiger partial charge on any atom is 1.00 e. The second-order valence-electron chi connectivity index (χ2n) is 39.3. The van der Waals surface area contributed by atoms with Gasteiger partial charge in [-0.15, -0.1) is 24.8 Å². The number of rotatable bonds is 9. The first-order chi connectivity index (χ1) is 46.8. The fourth-order valence-corrected chi connectivity index (χ4v) is 28.3. The molecule has 16 bridgehead atoms. The summed E-state index contributed by atoms with van der Waals surface area (Å²) in [4.78, 5) is 88.0. The van der Waals surface area contributed by atoms with E-state index in [9.17, 15) is 44.4 Å². The Morgan fingerprint density at radius 2 is 0.625 bits per heavy atom. The Kier molecular flexibility index (Phi) is 21.0. The number of nitrogens with zero attached hydrogens (tertiary/aromatic N) is 8. The van der Waals surface area contributed by atoms with Crippen LogP contribution in [0.15, 0.2) is 0 Å². The number of piperidine rings is 4. The van der Waals surface area contributed by atoms with Crippen molar-refractivity contribution in [2.45, 2.75) is 327 Å². The molecule has 24 fully saturated rings. The number of carbonyl (C=O) groups excluding carboxylic acids is 5. The second kappa shape index (κ2) is 27.4. The van der Waals surface area contributed by atoms with Crippen LogP contribution in [-0.4, -0.2) is 182 Å². The minimum atomic E-state index is -0.742. The molecule has 0 aromatic rings. The van der Waals surface area contributed by atoms with Gasteiger partial charge in [-0.2, -0.15) is 0 Å². The molecule has 4 aliphatic heterocycles. The molecular weight excluding hydrogens is 1380 g/mol. The number of ether oxygens (including phenoxy) is 1. The largest absolute Gasteiger partial charge is 1.00 e. The van der Waals surface area contributed by atoms with Crippen LogP contribution in [0.25, 0.3) is 19.4 Å². The van der Waals surface area contributed by atoms with E-state index in [0.717, 1.165) is 161 Å². The van der Waals surface area contributed by atoms with Crippen LogP contribution in [0.1, 0.15) is 226 Å². The predicted molar refractivity (Wildman–Crippen MR) is 380 cm³/mol. The summed E-state index contributed by atoms with van der Waals surface area (Å²) >= 11 is 0. The van der Waals surface area contributed by atoms with Gasteiger partial charge in [0, 0.05) is 55.3 Å². The van der Waals surface area contributed by atoms with Crippen LogP contribution in [0, 0.1) is 119 Å². The Labute approximate surface area is 647 Å². The van der Waals surface area contributed by atoms with Gasteiger partial charge >= 0.3 is 60.3 Å². The van der Waals surface area contributed by atoms with Gasteiger partial charge in [0.05, 0.1) is 40.5 Å². The van der Waals surface area contributed by atoms with E-state index in [4.69, 9.17) is 48.2 Å². The van der Waals surface area contributed by atoms with Crippen LogP contribution >= 0.6 is 24.8 Å². The van der Waals surface area contributed by atoms with Crippen molar-refractivity contribution in [1.82, 2.24) is 24.9 Å². The second-order valence-corrected chi connectivity index (χ2v) is 39.3. The van der Waals surface area contributed by atoms with Gasteiger partial charge in [-0.3, -0.25) is 58.2 Å². The summed E-state index contributed by atoms with van der Waals surface area (Å²) in [7, 11) is 0. The molecule has 24 rings (SSSR count). The Balaban J connectivity index is 0.000000129. The van der Waals surface area contributed by atoms with E-state index in [1.807, 2.05) is 14.7 Å². The maximum absolute atomic E-state index is 13.9. The third-order valence-electron chi connectivity index (χ3n) is 30.5. The van der Waals surface area contributed by atoms with Crippen molar-refractivity contribution in [2.24, 2.45) is 110 Å². The van der Waals surface area contributed by atoms with Gasteiger partial charge in [0.2, 0.25) is 17.7 Å². The zero-order chi connectivity index (χ0) is 69.4. The minimum absolute atomic E-state index is 0. The van der Waals surface area contributed by atoms with E-state index < -0.39 is 69.8 Å². The van der Waals surface area contributed by atoms with Crippen molar-refractivity contribution in [3.63, 3.8) is 0 Å². The van der Waals surface area contributed by atoms with E-state index in [1.165, 1.54) is 19.3 Å². The summed E-state index contributed by atoms with van der Waals surface area (Å²) in [6.07, 6.45) is 27.3. The molecule has 0 aromatic heterocycles. The average molecular weight is 1490 g/mol. The van der Waals surface area contributed by atoms with Gasteiger partial charge in [-0.05, 0) is 288 Å². The van der Waals surface area contributed by atoms with Crippen molar-refractivity contribution in [2.75, 3.05) is 0 Å². The molecule has 12 unspecified atom stereocenters. The molecule has 0 spiro atoms. The van der Waals surface area contributed by atoms with E-state index in [1.54, 1.807) is 25.7 Å². The molecule has 4 heterocycles. The van der Waals surface area contributed by atoms with Gasteiger partial charge in [0.25, 0.3) is 5.91 Å². The Bertz CT molecular complexity index is 3270. The Morgan fingerprint density at radius 3 is 0.846 bits per heavy atom. The van der Waals surface area contributed by atoms with Crippen molar-refractivity contribution in [3.05, 3.63) is 45.7 Å². The van der Waals surface area contributed by atoms with Crippen molar-refractivity contribution >= 4 is 54.5 Å². The molecule has 568 valence electrons. The van der Waals surface area contributed by atoms with E-state index in [-0.39, 0.29) is 148 Å². The fraction of sp³-hybridized carbons (Fsp3) is 0.883. The number of fused-ring (bicyclic) bond motifs is 4. The number of nitrogens with one attached hydrogen (secondary N) is 1. The van der Waals surface area contributed by atoms with Gasteiger partial charge in [-0.1, -0.05) is 0 Å². The summed E-state index contributed by atoms with van der Waals surface area (Å²) in [5.41, 5.74) is 15.4. The SMILES string of the molecule is Cl.Cl.O.[C-]#[N+][C@@H]1C[C@@H]2C[C@@H]2N1C(=O)C(N)C12CC3CC(CC(O)(C3)C1)C2.[C-]#[N+][C@@H]1C[C@@H]2C[C@@H]2N1C(=O)C(N)C12CC3CC(CC(O)(C3)C1)C2.[C-]#[N+][C@@H]1C[C@@H]2C[C@@H]2N1C(=O)C(N)C12CC3CC(CC(O)(C3)C1)C2.[C-]#[N+][C@@H]1C[C@@H]2C[C@@H]2N1C(=O)C(NC(=O)OC(C)(C)C)C12CC3CC(CC(O)(C3)C1)C2.[Na+].[OH-]. The van der Waals surface area contributed by atoms with E-state index in [2.05, 4.69) is 24.7 Å². The van der Waals surface area contributed by atoms with Crippen LogP contribution in [0.3, 0.4) is 0 Å². The Hall–Kier alpha value is -3.67. The van der Waals surface area contributed by atoms with Gasteiger partial charge in [-0.25, -0.2) is 31.1 Å². The van der Waals surface area contributed by atoms with Gasteiger partial charge < -0.3 is 58.6 Å². The first-order valence-corrected chi connectivity index (χ1v) is 38.7. The Morgan fingerprint density at radius 1 is 0.404 bits per heavy atom. The number of nitrogens with two attached hydrogens (primary N) is 3. The number of hydrogen-bond donors (Lipinski definition) is 8. The molecule has 4 saturated heterocycles. The van der Waals surface area contributed by atoms with Crippen LogP contribution < -0.4 is 52.1 Å². The standard InChI is InChI=1S/C23H33N3O4.3C18H25N3O2.2ClH.Na.2H2O/c1-21(2,3)30-20(28)25-18(19(27)26-16-6-15(16)7-17(26)24-4)22-8-13-5-14(9-22)11-23(29,10-13)12-22;3*1-20-14-4-12-3-13(12)21(14)16(22)15(19)17-5-10-2-11(6-17)8-18(23,7-10)9-17;;;;;/h13-18,29H,5-12H2,1-3H3,(H,25,28);3*10-15,23H,2-9,19H2;2*1H;;2*1H2/q;;;;;;+1;;/p-1/t13?,14?,15-,16-,17-,18?,22?,23?;3*10?,11?,12-,13-,14-,15?,17?,18?;;;;;/m0000...../s1. The van der Waals surface area contributed by atoms with E-state index in [0.29, 0.717) is 96.7 Å². The third kappa shape index (κ3) is 13.6. The van der Waals surface area contributed by atoms with Crippen molar-refractivity contribution in [1.29, 1.82) is 0 Å². The maximum atomic E-state index is 13.9. The number of halogens is 2. The average Bonchev–Trinajstić information content (AvgIpc) is 1.28. The zero-order valence-electron chi connectivity index (χ0n) is 61.3. The molecule has 24 nitrogen and oxygen atoms in total. The monoisotopic (exact) mass is 1490 g/mol. The molecule has 0 aromatic carbocycles. The quantitative estimate of drug-likeness (QED) is 0.117. The molecule has 14 N–H and O–H groups in total. The number of hydrogen-bond acceptors (Lipinski definition) is 14. The first kappa shape index (κ1) is 79.9. The summed E-state index contributed by atoms with van der Waals surface area (Å²) < 4.78 is 5.52. The van der Waals surface area contributed by atoms with Crippen LogP contribution in [0.5, 0.6) is 0 Å². The fourth-order valence-electron chi connectivity index (χ4n) is 28.3. The molecule has 24 aliphatic rings. The normalized spacial score (nSPS) is 48.4. The molecule has 20 aliphatic carbocycles.